The Morgan fingerprint density at radius 2 is 2.23 bits per heavy atom. The molecule has 0 bridgehead atoms. The Hall–Kier alpha value is -0.770. The third kappa shape index (κ3) is 2.59. The van der Waals surface area contributed by atoms with Crippen LogP contribution >= 0.6 is 15.9 Å². The zero-order chi connectivity index (χ0) is 9.84. The summed E-state index contributed by atoms with van der Waals surface area (Å²) in [5.74, 6) is 0. The van der Waals surface area contributed by atoms with Crippen LogP contribution in [0.2, 0.25) is 0 Å². The number of alkyl halides is 1. The van der Waals surface area contributed by atoms with E-state index in [0.29, 0.717) is 6.54 Å². The normalized spacial score (nSPS) is 10.1. The van der Waals surface area contributed by atoms with Crippen molar-refractivity contribution in [3.8, 4) is 0 Å². The van der Waals surface area contributed by atoms with Gasteiger partial charge in [-0.1, -0.05) is 0 Å². The Balaban J connectivity index is 2.88. The average Bonchev–Trinajstić information content (AvgIpc) is 2.09. The maximum Gasteiger partial charge on any atom is 0.107 e. The highest BCUT2D eigenvalue weighted by Crippen LogP contribution is 2.27. The van der Waals surface area contributed by atoms with E-state index in [1.54, 1.807) is 0 Å². The number of nitrogens with one attached hydrogen (secondary N) is 1. The first-order valence-electron chi connectivity index (χ1n) is 4.00. The lowest BCUT2D eigenvalue weighted by molar-refractivity contribution is 0.512. The SMILES string of the molecule is Cc1cc(NCCF)c(Br)cc1N. The van der Waals surface area contributed by atoms with E-state index in [2.05, 4.69) is 21.2 Å². The molecule has 0 fully saturated rings. The van der Waals surface area contributed by atoms with Gasteiger partial charge in [-0.15, -0.1) is 0 Å². The number of hydrogen-bond donors (Lipinski definition) is 2. The van der Waals surface area contributed by atoms with Crippen molar-refractivity contribution in [3.05, 3.63) is 22.2 Å². The molecule has 4 heteroatoms. The number of hydrogen-bond acceptors (Lipinski definition) is 2. The quantitative estimate of drug-likeness (QED) is 0.806. The zero-order valence-corrected chi connectivity index (χ0v) is 8.99. The van der Waals surface area contributed by atoms with Crippen molar-refractivity contribution in [1.82, 2.24) is 0 Å². The third-order valence-electron chi connectivity index (χ3n) is 1.77. The highest BCUT2D eigenvalue weighted by Gasteiger charge is 2.02. The molecule has 0 unspecified atom stereocenters. The van der Waals surface area contributed by atoms with Crippen molar-refractivity contribution in [2.75, 3.05) is 24.3 Å². The molecule has 0 aromatic heterocycles. The summed E-state index contributed by atoms with van der Waals surface area (Å²) < 4.78 is 12.8. The minimum Gasteiger partial charge on any atom is -0.398 e. The molecule has 13 heavy (non-hydrogen) atoms. The van der Waals surface area contributed by atoms with Gasteiger partial charge in [0.25, 0.3) is 0 Å². The van der Waals surface area contributed by atoms with Crippen molar-refractivity contribution >= 4 is 27.3 Å². The predicted molar refractivity (Wildman–Crippen MR) is 57.8 cm³/mol. The summed E-state index contributed by atoms with van der Waals surface area (Å²) >= 11 is 3.35. The summed E-state index contributed by atoms with van der Waals surface area (Å²) in [6.45, 7) is 1.86. The molecule has 1 aromatic carbocycles. The van der Waals surface area contributed by atoms with Gasteiger partial charge in [0.1, 0.15) is 6.67 Å². The van der Waals surface area contributed by atoms with E-state index in [0.717, 1.165) is 21.4 Å². The van der Waals surface area contributed by atoms with Crippen molar-refractivity contribution in [3.63, 3.8) is 0 Å². The van der Waals surface area contributed by atoms with Gasteiger partial charge in [0.2, 0.25) is 0 Å². The van der Waals surface area contributed by atoms with Crippen LogP contribution in [0.5, 0.6) is 0 Å². The Bertz CT molecular complexity index is 302. The molecule has 0 heterocycles. The predicted octanol–water partition coefficient (Wildman–Crippen LogP) is 2.72. The fourth-order valence-electron chi connectivity index (χ4n) is 1.01. The topological polar surface area (TPSA) is 38.0 Å². The lowest BCUT2D eigenvalue weighted by Gasteiger charge is -2.09. The van der Waals surface area contributed by atoms with E-state index < -0.39 is 0 Å². The lowest BCUT2D eigenvalue weighted by atomic mass is 10.2. The van der Waals surface area contributed by atoms with Crippen molar-refractivity contribution in [1.29, 1.82) is 0 Å². The van der Waals surface area contributed by atoms with E-state index in [-0.39, 0.29) is 6.67 Å². The maximum absolute atomic E-state index is 11.9. The summed E-state index contributed by atoms with van der Waals surface area (Å²) in [4.78, 5) is 0. The number of halogens is 2. The van der Waals surface area contributed by atoms with Crippen LogP contribution in [-0.2, 0) is 0 Å². The van der Waals surface area contributed by atoms with Gasteiger partial charge in [0.15, 0.2) is 0 Å². The Morgan fingerprint density at radius 3 is 2.85 bits per heavy atom. The molecule has 0 aliphatic carbocycles. The van der Waals surface area contributed by atoms with Crippen LogP contribution in [0.15, 0.2) is 16.6 Å². The van der Waals surface area contributed by atoms with E-state index in [1.165, 1.54) is 0 Å². The Morgan fingerprint density at radius 1 is 1.54 bits per heavy atom. The van der Waals surface area contributed by atoms with E-state index >= 15 is 0 Å². The first kappa shape index (κ1) is 10.3. The smallest absolute Gasteiger partial charge is 0.107 e. The molecule has 3 N–H and O–H groups in total. The standard InChI is InChI=1S/C9H12BrFN2/c1-6-4-9(13-3-2-11)7(10)5-8(6)12/h4-5,13H,2-3,12H2,1H3. The number of nitrogens with two attached hydrogens (primary N) is 1. The van der Waals surface area contributed by atoms with Crippen LogP contribution in [0.4, 0.5) is 15.8 Å². The number of nitrogen functional groups attached to an aromatic ring is 1. The van der Waals surface area contributed by atoms with Gasteiger partial charge in [-0.3, -0.25) is 0 Å². The molecule has 0 amide bonds. The molecule has 0 spiro atoms. The van der Waals surface area contributed by atoms with Gasteiger partial charge in [-0.05, 0) is 40.5 Å². The van der Waals surface area contributed by atoms with E-state index in [9.17, 15) is 4.39 Å². The highest BCUT2D eigenvalue weighted by atomic mass is 79.9. The maximum atomic E-state index is 11.9. The molecule has 0 radical (unpaired) electrons. The number of anilines is 2. The Kier molecular flexibility index (Phi) is 3.54. The minimum atomic E-state index is -0.379. The second-order valence-corrected chi connectivity index (χ2v) is 3.66. The van der Waals surface area contributed by atoms with Crippen molar-refractivity contribution < 1.29 is 4.39 Å². The molecule has 72 valence electrons. The van der Waals surface area contributed by atoms with Crippen LogP contribution in [0.3, 0.4) is 0 Å². The van der Waals surface area contributed by atoms with Crippen molar-refractivity contribution in [2.24, 2.45) is 0 Å². The van der Waals surface area contributed by atoms with Crippen LogP contribution in [0.1, 0.15) is 5.56 Å². The van der Waals surface area contributed by atoms with Crippen LogP contribution in [0.25, 0.3) is 0 Å². The summed E-state index contributed by atoms with van der Waals surface area (Å²) in [5, 5.41) is 2.95. The minimum absolute atomic E-state index is 0.321. The largest absolute Gasteiger partial charge is 0.398 e. The zero-order valence-electron chi connectivity index (χ0n) is 7.40. The summed E-state index contributed by atoms with van der Waals surface area (Å²) in [5.41, 5.74) is 8.29. The third-order valence-corrected chi connectivity index (χ3v) is 2.42. The van der Waals surface area contributed by atoms with Gasteiger partial charge >= 0.3 is 0 Å². The van der Waals surface area contributed by atoms with Gasteiger partial charge in [-0.25, -0.2) is 4.39 Å². The molecule has 0 aliphatic heterocycles. The van der Waals surface area contributed by atoms with Crippen molar-refractivity contribution in [2.45, 2.75) is 6.92 Å². The lowest BCUT2D eigenvalue weighted by Crippen LogP contribution is -2.04. The summed E-state index contributed by atoms with van der Waals surface area (Å²) in [6, 6.07) is 3.71. The van der Waals surface area contributed by atoms with Gasteiger partial charge in [0.05, 0.1) is 0 Å². The average molecular weight is 247 g/mol. The molecular formula is C9H12BrFN2. The molecule has 1 aromatic rings. The van der Waals surface area contributed by atoms with E-state index in [1.807, 2.05) is 19.1 Å². The molecule has 0 saturated carbocycles. The molecule has 0 aliphatic rings. The van der Waals surface area contributed by atoms with Gasteiger partial charge < -0.3 is 11.1 Å². The second-order valence-electron chi connectivity index (χ2n) is 2.80. The number of benzene rings is 1. The number of rotatable bonds is 3. The van der Waals surface area contributed by atoms with Crippen LogP contribution < -0.4 is 11.1 Å². The van der Waals surface area contributed by atoms with E-state index in [4.69, 9.17) is 5.73 Å². The first-order valence-corrected chi connectivity index (χ1v) is 4.80. The molecule has 2 nitrogen and oxygen atoms in total. The molecule has 0 saturated heterocycles. The fraction of sp³-hybridized carbons (Fsp3) is 0.333. The van der Waals surface area contributed by atoms with Crippen LogP contribution in [-0.4, -0.2) is 13.2 Å². The second kappa shape index (κ2) is 4.46. The Labute approximate surface area is 85.4 Å². The molecule has 0 atom stereocenters. The van der Waals surface area contributed by atoms with Gasteiger partial charge in [0, 0.05) is 22.4 Å². The fourth-order valence-corrected chi connectivity index (χ4v) is 1.52. The van der Waals surface area contributed by atoms with Crippen LogP contribution in [0, 0.1) is 6.92 Å². The summed E-state index contributed by atoms with van der Waals surface area (Å²) in [6.07, 6.45) is 0. The van der Waals surface area contributed by atoms with Gasteiger partial charge in [-0.2, -0.15) is 0 Å². The highest BCUT2D eigenvalue weighted by molar-refractivity contribution is 9.10. The molecule has 1 rings (SSSR count). The summed E-state index contributed by atoms with van der Waals surface area (Å²) in [7, 11) is 0. The monoisotopic (exact) mass is 246 g/mol. The number of aryl methyl sites for hydroxylation is 1. The molecular weight excluding hydrogens is 235 g/mol. The first-order chi connectivity index (χ1) is 6.15.